The number of benzene rings is 1. The zero-order valence-electron chi connectivity index (χ0n) is 12.3. The van der Waals surface area contributed by atoms with Crippen LogP contribution in [0.1, 0.15) is 31.0 Å². The van der Waals surface area contributed by atoms with Crippen LogP contribution < -0.4 is 11.3 Å². The van der Waals surface area contributed by atoms with E-state index in [0.717, 1.165) is 24.6 Å². The molecule has 1 aliphatic rings. The second-order valence-corrected chi connectivity index (χ2v) is 5.72. The molecule has 1 saturated carbocycles. The lowest BCUT2D eigenvalue weighted by molar-refractivity contribution is 0.228. The summed E-state index contributed by atoms with van der Waals surface area (Å²) in [5, 5.41) is 9.52. The summed E-state index contributed by atoms with van der Waals surface area (Å²) in [5.41, 5.74) is 5.52. The Hall–Kier alpha value is -2.25. The average molecular weight is 334 g/mol. The largest absolute Gasteiger partial charge is 0.337 e. The van der Waals surface area contributed by atoms with E-state index in [1.54, 1.807) is 12.3 Å². The van der Waals surface area contributed by atoms with Crippen molar-refractivity contribution in [2.24, 2.45) is 5.73 Å². The van der Waals surface area contributed by atoms with Crippen LogP contribution in [-0.4, -0.2) is 19.9 Å². The molecule has 2 aromatic heterocycles. The Morgan fingerprint density at radius 2 is 2.09 bits per heavy atom. The monoisotopic (exact) mass is 333 g/mol. The summed E-state index contributed by atoms with van der Waals surface area (Å²) in [7, 11) is 0. The first-order valence-electron chi connectivity index (χ1n) is 7.23. The van der Waals surface area contributed by atoms with Gasteiger partial charge in [-0.05, 0) is 25.3 Å². The number of rotatable bonds is 3. The lowest BCUT2D eigenvalue weighted by Gasteiger charge is -2.34. The number of fused-ring (bicyclic) bond motifs is 1. The maximum Gasteiger partial charge on any atom is 0.275 e. The molecule has 0 radical (unpaired) electrons. The van der Waals surface area contributed by atoms with Crippen LogP contribution in [0.5, 0.6) is 0 Å². The van der Waals surface area contributed by atoms with E-state index in [2.05, 4.69) is 15.2 Å². The quantitative estimate of drug-likeness (QED) is 0.781. The van der Waals surface area contributed by atoms with Crippen LogP contribution in [0.4, 0.5) is 0 Å². The molecule has 0 spiro atoms. The standard InChI is InChI=1S/C15H15N5O2.ClH/c16-15(6-3-7-15)14-18-12(22-19-14)9-20-13(21)11-5-2-1-4-10(11)8-17-20;/h1-2,4-5,8H,3,6-7,9,16H2;1H. The van der Waals surface area contributed by atoms with Crippen molar-refractivity contribution in [3.05, 3.63) is 52.5 Å². The van der Waals surface area contributed by atoms with E-state index in [-0.39, 0.29) is 24.5 Å². The van der Waals surface area contributed by atoms with Crippen molar-refractivity contribution in [1.29, 1.82) is 0 Å². The van der Waals surface area contributed by atoms with Gasteiger partial charge in [0.15, 0.2) is 5.82 Å². The van der Waals surface area contributed by atoms with E-state index in [0.29, 0.717) is 17.1 Å². The molecular weight excluding hydrogens is 318 g/mol. The highest BCUT2D eigenvalue weighted by molar-refractivity contribution is 5.85. The highest BCUT2D eigenvalue weighted by Crippen LogP contribution is 2.36. The van der Waals surface area contributed by atoms with Crippen molar-refractivity contribution in [3.8, 4) is 0 Å². The van der Waals surface area contributed by atoms with Gasteiger partial charge in [0.05, 0.1) is 17.1 Å². The van der Waals surface area contributed by atoms with E-state index in [1.807, 2.05) is 18.2 Å². The van der Waals surface area contributed by atoms with Gasteiger partial charge in [-0.3, -0.25) is 4.79 Å². The summed E-state index contributed by atoms with van der Waals surface area (Å²) >= 11 is 0. The zero-order valence-corrected chi connectivity index (χ0v) is 13.1. The average Bonchev–Trinajstić information content (AvgIpc) is 2.97. The van der Waals surface area contributed by atoms with Crippen molar-refractivity contribution >= 4 is 23.2 Å². The second-order valence-electron chi connectivity index (χ2n) is 5.72. The Morgan fingerprint density at radius 3 is 2.83 bits per heavy atom. The molecule has 7 nitrogen and oxygen atoms in total. The van der Waals surface area contributed by atoms with Crippen LogP contribution in [-0.2, 0) is 12.1 Å². The van der Waals surface area contributed by atoms with Gasteiger partial charge in [0.25, 0.3) is 5.56 Å². The van der Waals surface area contributed by atoms with E-state index in [1.165, 1.54) is 4.68 Å². The molecule has 3 aromatic rings. The predicted octanol–water partition coefficient (Wildman–Crippen LogP) is 1.59. The van der Waals surface area contributed by atoms with Crippen molar-refractivity contribution in [1.82, 2.24) is 19.9 Å². The molecule has 0 saturated heterocycles. The molecule has 8 heteroatoms. The fourth-order valence-corrected chi connectivity index (χ4v) is 2.67. The molecule has 0 unspecified atom stereocenters. The summed E-state index contributed by atoms with van der Waals surface area (Å²) < 4.78 is 6.54. The number of nitrogens with zero attached hydrogens (tertiary/aromatic N) is 4. The number of nitrogens with two attached hydrogens (primary N) is 1. The minimum Gasteiger partial charge on any atom is -0.337 e. The van der Waals surface area contributed by atoms with Crippen molar-refractivity contribution < 1.29 is 4.52 Å². The van der Waals surface area contributed by atoms with Gasteiger partial charge in [-0.2, -0.15) is 10.1 Å². The second kappa shape index (κ2) is 5.75. The number of hydrogen-bond acceptors (Lipinski definition) is 6. The number of aromatic nitrogens is 4. The molecule has 0 amide bonds. The molecule has 2 N–H and O–H groups in total. The molecule has 4 rings (SSSR count). The van der Waals surface area contributed by atoms with Crippen LogP contribution in [0.25, 0.3) is 10.8 Å². The summed E-state index contributed by atoms with van der Waals surface area (Å²) in [6.45, 7) is 0.146. The topological polar surface area (TPSA) is 99.8 Å². The van der Waals surface area contributed by atoms with Crippen LogP contribution in [0.2, 0.25) is 0 Å². The van der Waals surface area contributed by atoms with Crippen LogP contribution >= 0.6 is 12.4 Å². The van der Waals surface area contributed by atoms with Crippen molar-refractivity contribution in [2.75, 3.05) is 0 Å². The molecule has 23 heavy (non-hydrogen) atoms. The first-order chi connectivity index (χ1) is 10.7. The fourth-order valence-electron chi connectivity index (χ4n) is 2.67. The zero-order chi connectivity index (χ0) is 15.2. The summed E-state index contributed by atoms with van der Waals surface area (Å²) in [5.74, 6) is 0.860. The minimum absolute atomic E-state index is 0. The smallest absolute Gasteiger partial charge is 0.275 e. The molecule has 2 heterocycles. The summed E-state index contributed by atoms with van der Waals surface area (Å²) in [4.78, 5) is 16.7. The molecule has 0 atom stereocenters. The van der Waals surface area contributed by atoms with E-state index < -0.39 is 5.54 Å². The SMILES string of the molecule is Cl.NC1(c2noc(Cn3ncc4ccccc4c3=O)n2)CCC1. The Kier molecular flexibility index (Phi) is 3.91. The summed E-state index contributed by atoms with van der Waals surface area (Å²) in [6, 6.07) is 7.33. The van der Waals surface area contributed by atoms with Crippen LogP contribution in [0.15, 0.2) is 39.8 Å². The third-order valence-corrected chi connectivity index (χ3v) is 4.21. The first kappa shape index (κ1) is 15.6. The van der Waals surface area contributed by atoms with Gasteiger partial charge in [-0.15, -0.1) is 12.4 Å². The van der Waals surface area contributed by atoms with Gasteiger partial charge >= 0.3 is 0 Å². The van der Waals surface area contributed by atoms with Gasteiger partial charge in [0, 0.05) is 5.39 Å². The Balaban J connectivity index is 0.00000156. The third-order valence-electron chi connectivity index (χ3n) is 4.21. The molecule has 1 aromatic carbocycles. The number of halogens is 1. The first-order valence-corrected chi connectivity index (χ1v) is 7.23. The minimum atomic E-state index is -0.469. The van der Waals surface area contributed by atoms with E-state index >= 15 is 0 Å². The Labute approximate surface area is 137 Å². The Morgan fingerprint density at radius 1 is 1.30 bits per heavy atom. The fraction of sp³-hybridized carbons (Fsp3) is 0.333. The molecule has 120 valence electrons. The van der Waals surface area contributed by atoms with Crippen molar-refractivity contribution in [2.45, 2.75) is 31.3 Å². The van der Waals surface area contributed by atoms with Gasteiger partial charge < -0.3 is 10.3 Å². The van der Waals surface area contributed by atoms with Gasteiger partial charge in [-0.1, -0.05) is 23.4 Å². The Bertz CT molecular complexity index is 900. The molecular formula is C15H16ClN5O2. The molecule has 1 fully saturated rings. The molecule has 0 aliphatic heterocycles. The molecule has 1 aliphatic carbocycles. The highest BCUT2D eigenvalue weighted by atomic mass is 35.5. The van der Waals surface area contributed by atoms with E-state index in [4.69, 9.17) is 10.3 Å². The van der Waals surface area contributed by atoms with Gasteiger partial charge in [-0.25, -0.2) is 4.68 Å². The lowest BCUT2D eigenvalue weighted by atomic mass is 9.77. The summed E-state index contributed by atoms with van der Waals surface area (Å²) in [6.07, 6.45) is 4.46. The van der Waals surface area contributed by atoms with E-state index in [9.17, 15) is 4.79 Å². The molecule has 0 bridgehead atoms. The predicted molar refractivity (Wildman–Crippen MR) is 86.4 cm³/mol. The van der Waals surface area contributed by atoms with Gasteiger partial charge in [0.2, 0.25) is 5.89 Å². The van der Waals surface area contributed by atoms with Crippen molar-refractivity contribution in [3.63, 3.8) is 0 Å². The maximum atomic E-state index is 12.4. The van der Waals surface area contributed by atoms with Gasteiger partial charge in [0.1, 0.15) is 6.54 Å². The third kappa shape index (κ3) is 2.62. The normalized spacial score (nSPS) is 15.9. The highest BCUT2D eigenvalue weighted by Gasteiger charge is 2.39. The van der Waals surface area contributed by atoms with Crippen LogP contribution in [0, 0.1) is 0 Å². The number of hydrogen-bond donors (Lipinski definition) is 1. The lowest BCUT2D eigenvalue weighted by Crippen LogP contribution is -2.44. The van der Waals surface area contributed by atoms with Crippen LogP contribution in [0.3, 0.4) is 0 Å². The maximum absolute atomic E-state index is 12.4.